The van der Waals surface area contributed by atoms with E-state index in [0.29, 0.717) is 24.4 Å². The Hall–Kier alpha value is -2.75. The minimum Gasteiger partial charge on any atom is -0.339 e. The molecule has 1 aromatic heterocycles. The van der Waals surface area contributed by atoms with Crippen molar-refractivity contribution in [2.24, 2.45) is 5.92 Å². The third-order valence-corrected chi connectivity index (χ3v) is 8.30. The van der Waals surface area contributed by atoms with Crippen LogP contribution in [0.3, 0.4) is 0 Å². The first kappa shape index (κ1) is 23.4. The second-order valence-electron chi connectivity index (χ2n) is 8.21. The summed E-state index contributed by atoms with van der Waals surface area (Å²) in [6.07, 6.45) is 4.40. The van der Waals surface area contributed by atoms with E-state index in [2.05, 4.69) is 10.1 Å². The van der Waals surface area contributed by atoms with Gasteiger partial charge in [0, 0.05) is 25.2 Å². The lowest BCUT2D eigenvalue weighted by Crippen LogP contribution is -2.46. The van der Waals surface area contributed by atoms with Crippen molar-refractivity contribution in [1.29, 1.82) is 0 Å². The third-order valence-electron chi connectivity index (χ3n) is 6.17. The van der Waals surface area contributed by atoms with Crippen LogP contribution in [0.15, 0.2) is 66.1 Å². The number of carbonyl (C=O) groups excluding carboxylic acids is 1. The number of aromatic nitrogens is 3. The van der Waals surface area contributed by atoms with E-state index >= 15 is 0 Å². The summed E-state index contributed by atoms with van der Waals surface area (Å²) in [5.41, 5.74) is 1.86. The Balaban J connectivity index is 1.45. The predicted molar refractivity (Wildman–Crippen MR) is 125 cm³/mol. The molecule has 1 aliphatic heterocycles. The smallest absolute Gasteiger partial charge is 0.243 e. The fourth-order valence-corrected chi connectivity index (χ4v) is 5.72. The molecule has 1 aliphatic rings. The Morgan fingerprint density at radius 3 is 2.48 bits per heavy atom. The van der Waals surface area contributed by atoms with Gasteiger partial charge in [0.05, 0.1) is 22.5 Å². The fourth-order valence-electron chi connectivity index (χ4n) is 4.07. The number of amides is 1. The van der Waals surface area contributed by atoms with Gasteiger partial charge in [-0.1, -0.05) is 23.7 Å². The van der Waals surface area contributed by atoms with Crippen molar-refractivity contribution in [3.63, 3.8) is 0 Å². The molecule has 8 nitrogen and oxygen atoms in total. The summed E-state index contributed by atoms with van der Waals surface area (Å²) < 4.78 is 29.2. The molecule has 0 N–H and O–H groups in total. The second-order valence-corrected chi connectivity index (χ2v) is 10.6. The van der Waals surface area contributed by atoms with Gasteiger partial charge in [-0.2, -0.15) is 9.40 Å². The van der Waals surface area contributed by atoms with Crippen LogP contribution in [0.4, 0.5) is 0 Å². The van der Waals surface area contributed by atoms with Crippen molar-refractivity contribution >= 4 is 27.5 Å². The second kappa shape index (κ2) is 9.62. The van der Waals surface area contributed by atoms with Gasteiger partial charge < -0.3 is 4.90 Å². The van der Waals surface area contributed by atoms with E-state index in [0.717, 1.165) is 11.3 Å². The van der Waals surface area contributed by atoms with Crippen molar-refractivity contribution in [1.82, 2.24) is 24.0 Å². The molecule has 2 atom stereocenters. The van der Waals surface area contributed by atoms with Gasteiger partial charge in [0.2, 0.25) is 15.9 Å². The maximum atomic E-state index is 13.3. The van der Waals surface area contributed by atoms with Crippen molar-refractivity contribution in [2.45, 2.75) is 30.7 Å². The molecule has 0 saturated carbocycles. The lowest BCUT2D eigenvalue weighted by atomic mass is 9.96. The highest BCUT2D eigenvalue weighted by atomic mass is 35.5. The highest BCUT2D eigenvalue weighted by Gasteiger charge is 2.35. The highest BCUT2D eigenvalue weighted by molar-refractivity contribution is 7.89. The summed E-state index contributed by atoms with van der Waals surface area (Å²) in [4.78, 5) is 19.1. The first-order chi connectivity index (χ1) is 15.8. The van der Waals surface area contributed by atoms with Crippen LogP contribution in [0, 0.1) is 5.92 Å². The average Bonchev–Trinajstić information content (AvgIpc) is 3.38. The number of sulfonamides is 1. The Morgan fingerprint density at radius 1 is 1.15 bits per heavy atom. The van der Waals surface area contributed by atoms with Crippen LogP contribution in [0.2, 0.25) is 5.02 Å². The fraction of sp³-hybridized carbons (Fsp3) is 0.348. The SMILES string of the molecule is CC(c1ccc(-n2cncn2)cc1)N(C)C(=O)C1CCCN(S(=O)(=O)c2ccc(Cl)cc2)C1. The Labute approximate surface area is 198 Å². The molecule has 1 amide bonds. The zero-order valence-corrected chi connectivity index (χ0v) is 20.1. The number of rotatable bonds is 6. The number of piperidine rings is 1. The zero-order valence-electron chi connectivity index (χ0n) is 18.5. The molecular formula is C23H26ClN5O3S. The monoisotopic (exact) mass is 487 g/mol. The largest absolute Gasteiger partial charge is 0.339 e. The van der Waals surface area contributed by atoms with E-state index in [1.807, 2.05) is 31.2 Å². The molecule has 0 radical (unpaired) electrons. The van der Waals surface area contributed by atoms with E-state index in [-0.39, 0.29) is 29.3 Å². The summed E-state index contributed by atoms with van der Waals surface area (Å²) >= 11 is 5.90. The van der Waals surface area contributed by atoms with E-state index in [1.54, 1.807) is 35.1 Å². The van der Waals surface area contributed by atoms with Crippen LogP contribution in [-0.2, 0) is 14.8 Å². The lowest BCUT2D eigenvalue weighted by Gasteiger charge is -2.35. The molecule has 1 fully saturated rings. The van der Waals surface area contributed by atoms with Gasteiger partial charge >= 0.3 is 0 Å². The van der Waals surface area contributed by atoms with Crippen LogP contribution in [-0.4, -0.2) is 58.4 Å². The number of nitrogens with zero attached hydrogens (tertiary/aromatic N) is 5. The normalized spacial score (nSPS) is 18.1. The van der Waals surface area contributed by atoms with Crippen LogP contribution in [0.25, 0.3) is 5.69 Å². The summed E-state index contributed by atoms with van der Waals surface area (Å²) in [6, 6.07) is 13.7. The molecule has 33 heavy (non-hydrogen) atoms. The summed E-state index contributed by atoms with van der Waals surface area (Å²) in [7, 11) is -1.91. The van der Waals surface area contributed by atoms with Crippen LogP contribution < -0.4 is 0 Å². The van der Waals surface area contributed by atoms with E-state index < -0.39 is 10.0 Å². The van der Waals surface area contributed by atoms with Crippen molar-refractivity contribution in [2.75, 3.05) is 20.1 Å². The maximum absolute atomic E-state index is 13.3. The number of hydrogen-bond acceptors (Lipinski definition) is 5. The van der Waals surface area contributed by atoms with Gasteiger partial charge in [-0.25, -0.2) is 18.1 Å². The van der Waals surface area contributed by atoms with Gasteiger partial charge in [-0.3, -0.25) is 4.79 Å². The Morgan fingerprint density at radius 2 is 1.85 bits per heavy atom. The molecule has 10 heteroatoms. The summed E-state index contributed by atoms with van der Waals surface area (Å²) in [5, 5.41) is 4.60. The molecule has 1 saturated heterocycles. The Kier molecular flexibility index (Phi) is 6.83. The summed E-state index contributed by atoms with van der Waals surface area (Å²) in [6.45, 7) is 2.54. The van der Waals surface area contributed by atoms with Gasteiger partial charge in [0.15, 0.2) is 0 Å². The quantitative estimate of drug-likeness (QED) is 0.530. The molecule has 174 valence electrons. The van der Waals surface area contributed by atoms with Crippen molar-refractivity contribution in [3.05, 3.63) is 71.8 Å². The molecule has 0 aliphatic carbocycles. The van der Waals surface area contributed by atoms with Crippen LogP contribution >= 0.6 is 11.6 Å². The lowest BCUT2D eigenvalue weighted by molar-refractivity contribution is -0.137. The minimum atomic E-state index is -3.68. The number of hydrogen-bond donors (Lipinski definition) is 0. The van der Waals surface area contributed by atoms with Crippen molar-refractivity contribution in [3.8, 4) is 5.69 Å². The predicted octanol–water partition coefficient (Wildman–Crippen LogP) is 3.54. The first-order valence-electron chi connectivity index (χ1n) is 10.7. The topological polar surface area (TPSA) is 88.4 Å². The maximum Gasteiger partial charge on any atom is 0.243 e. The molecule has 2 aromatic carbocycles. The number of benzene rings is 2. The third kappa shape index (κ3) is 4.95. The standard InChI is InChI=1S/C23H26ClN5O3S/c1-17(18-5-9-21(10-6-18)29-16-25-15-26-29)27(2)23(30)19-4-3-13-28(14-19)33(31,32)22-11-7-20(24)8-12-22/h5-12,15-17,19H,3-4,13-14H2,1-2H3. The number of halogens is 1. The van der Waals surface area contributed by atoms with E-state index in [9.17, 15) is 13.2 Å². The molecule has 2 unspecified atom stereocenters. The van der Waals surface area contributed by atoms with E-state index in [1.165, 1.54) is 22.8 Å². The highest BCUT2D eigenvalue weighted by Crippen LogP contribution is 2.28. The molecule has 0 bridgehead atoms. The molecule has 2 heterocycles. The average molecular weight is 488 g/mol. The van der Waals surface area contributed by atoms with Crippen molar-refractivity contribution < 1.29 is 13.2 Å². The zero-order chi connectivity index (χ0) is 23.6. The van der Waals surface area contributed by atoms with Crippen LogP contribution in [0.1, 0.15) is 31.4 Å². The van der Waals surface area contributed by atoms with Crippen LogP contribution in [0.5, 0.6) is 0 Å². The first-order valence-corrected chi connectivity index (χ1v) is 12.6. The van der Waals surface area contributed by atoms with Gasteiger partial charge in [0.1, 0.15) is 12.7 Å². The van der Waals surface area contributed by atoms with Gasteiger partial charge in [-0.05, 0) is 61.7 Å². The molecule has 3 aromatic rings. The molecule has 0 spiro atoms. The minimum absolute atomic E-state index is 0.0566. The van der Waals surface area contributed by atoms with E-state index in [4.69, 9.17) is 11.6 Å². The van der Waals surface area contributed by atoms with Gasteiger partial charge in [-0.15, -0.1) is 0 Å². The van der Waals surface area contributed by atoms with Gasteiger partial charge in [0.25, 0.3) is 0 Å². The molecular weight excluding hydrogens is 462 g/mol. The Bertz CT molecular complexity index is 1200. The molecule has 4 rings (SSSR count). The summed E-state index contributed by atoms with van der Waals surface area (Å²) in [5.74, 6) is -0.443. The number of carbonyl (C=O) groups is 1.